The Kier molecular flexibility index (Phi) is 3.72. The summed E-state index contributed by atoms with van der Waals surface area (Å²) in [5.74, 6) is 1.26. The molecule has 1 amide bonds. The number of benzene rings is 1. The molecule has 0 bridgehead atoms. The highest BCUT2D eigenvalue weighted by molar-refractivity contribution is 5.98. The van der Waals surface area contributed by atoms with Gasteiger partial charge in [0.05, 0.1) is 12.8 Å². The van der Waals surface area contributed by atoms with E-state index in [1.54, 1.807) is 30.2 Å². The minimum atomic E-state index is -0.101. The molecule has 5 nitrogen and oxygen atoms in total. The van der Waals surface area contributed by atoms with Gasteiger partial charge in [-0.25, -0.2) is 0 Å². The maximum Gasteiger partial charge on any atom is 0.265 e. The van der Waals surface area contributed by atoms with Crippen molar-refractivity contribution in [2.45, 2.75) is 6.92 Å². The zero-order valence-corrected chi connectivity index (χ0v) is 10.5. The molecule has 1 N–H and O–H groups in total. The molecule has 1 aromatic rings. The summed E-state index contributed by atoms with van der Waals surface area (Å²) in [7, 11) is 1.58. The molecule has 2 rings (SSSR count). The number of aliphatic hydroxyl groups is 1. The summed E-state index contributed by atoms with van der Waals surface area (Å²) in [6.07, 6.45) is 0. The molecular formula is C13H17NO4. The van der Waals surface area contributed by atoms with Crippen molar-refractivity contribution in [3.8, 4) is 11.5 Å². The van der Waals surface area contributed by atoms with Gasteiger partial charge in [-0.1, -0.05) is 6.92 Å². The van der Waals surface area contributed by atoms with Crippen LogP contribution in [-0.4, -0.2) is 37.9 Å². The molecular weight excluding hydrogens is 234 g/mol. The van der Waals surface area contributed by atoms with E-state index in [1.165, 1.54) is 0 Å². The molecule has 1 atom stereocenters. The Labute approximate surface area is 106 Å². The van der Waals surface area contributed by atoms with Gasteiger partial charge in [-0.05, 0) is 18.1 Å². The number of fused-ring (bicyclic) bond motifs is 1. The topological polar surface area (TPSA) is 59.0 Å². The van der Waals surface area contributed by atoms with Gasteiger partial charge in [0.25, 0.3) is 5.91 Å². The monoisotopic (exact) mass is 251 g/mol. The van der Waals surface area contributed by atoms with Crippen molar-refractivity contribution in [3.05, 3.63) is 18.2 Å². The van der Waals surface area contributed by atoms with Crippen LogP contribution in [0.3, 0.4) is 0 Å². The summed E-state index contributed by atoms with van der Waals surface area (Å²) in [6, 6.07) is 5.36. The Balaban J connectivity index is 2.32. The van der Waals surface area contributed by atoms with Gasteiger partial charge in [0.1, 0.15) is 11.5 Å². The van der Waals surface area contributed by atoms with E-state index in [-0.39, 0.29) is 25.0 Å². The van der Waals surface area contributed by atoms with Crippen LogP contribution in [0.15, 0.2) is 18.2 Å². The second kappa shape index (κ2) is 5.27. The highest BCUT2D eigenvalue weighted by Crippen LogP contribution is 2.35. The lowest BCUT2D eigenvalue weighted by Gasteiger charge is -2.31. The number of aliphatic hydroxyl groups excluding tert-OH is 1. The van der Waals surface area contributed by atoms with Crippen LogP contribution in [0.4, 0.5) is 5.69 Å². The van der Waals surface area contributed by atoms with E-state index < -0.39 is 0 Å². The summed E-state index contributed by atoms with van der Waals surface area (Å²) >= 11 is 0. The van der Waals surface area contributed by atoms with Crippen LogP contribution in [0.25, 0.3) is 0 Å². The second-order valence-corrected chi connectivity index (χ2v) is 4.41. The molecule has 0 fully saturated rings. The van der Waals surface area contributed by atoms with Crippen molar-refractivity contribution in [2.24, 2.45) is 5.92 Å². The van der Waals surface area contributed by atoms with Crippen LogP contribution < -0.4 is 14.4 Å². The first-order chi connectivity index (χ1) is 8.65. The second-order valence-electron chi connectivity index (χ2n) is 4.41. The van der Waals surface area contributed by atoms with Gasteiger partial charge in [-0.15, -0.1) is 0 Å². The average molecular weight is 251 g/mol. The van der Waals surface area contributed by atoms with Gasteiger partial charge in [0.15, 0.2) is 6.61 Å². The smallest absolute Gasteiger partial charge is 0.265 e. The van der Waals surface area contributed by atoms with Crippen LogP contribution in [-0.2, 0) is 4.79 Å². The number of amides is 1. The number of ether oxygens (including phenoxy) is 2. The van der Waals surface area contributed by atoms with Crippen molar-refractivity contribution >= 4 is 11.6 Å². The fourth-order valence-corrected chi connectivity index (χ4v) is 1.88. The van der Waals surface area contributed by atoms with Gasteiger partial charge in [0, 0.05) is 19.2 Å². The van der Waals surface area contributed by atoms with Gasteiger partial charge in [0.2, 0.25) is 0 Å². The first kappa shape index (κ1) is 12.7. The van der Waals surface area contributed by atoms with Gasteiger partial charge >= 0.3 is 0 Å². The first-order valence-electron chi connectivity index (χ1n) is 5.87. The molecule has 0 aromatic heterocycles. The number of carbonyl (C=O) groups excluding carboxylic acids is 1. The molecule has 0 aliphatic carbocycles. The lowest BCUT2D eigenvalue weighted by molar-refractivity contribution is -0.121. The normalized spacial score (nSPS) is 15.9. The molecule has 0 radical (unpaired) electrons. The van der Waals surface area contributed by atoms with E-state index in [2.05, 4.69) is 0 Å². The predicted molar refractivity (Wildman–Crippen MR) is 67.1 cm³/mol. The summed E-state index contributed by atoms with van der Waals surface area (Å²) in [5.41, 5.74) is 0.700. The van der Waals surface area contributed by atoms with Gasteiger partial charge < -0.3 is 19.5 Å². The lowest BCUT2D eigenvalue weighted by atomic mass is 10.1. The number of hydrogen-bond donors (Lipinski definition) is 1. The van der Waals surface area contributed by atoms with Crippen molar-refractivity contribution in [1.82, 2.24) is 0 Å². The third-order valence-electron chi connectivity index (χ3n) is 2.92. The van der Waals surface area contributed by atoms with E-state index in [0.717, 1.165) is 0 Å². The van der Waals surface area contributed by atoms with Crippen molar-refractivity contribution in [3.63, 3.8) is 0 Å². The van der Waals surface area contributed by atoms with Crippen molar-refractivity contribution in [1.29, 1.82) is 0 Å². The zero-order valence-electron chi connectivity index (χ0n) is 10.5. The first-order valence-corrected chi connectivity index (χ1v) is 5.87. The predicted octanol–water partition coefficient (Wildman–Crippen LogP) is 1.05. The number of anilines is 1. The highest BCUT2D eigenvalue weighted by Gasteiger charge is 2.27. The minimum absolute atomic E-state index is 0.0195. The van der Waals surface area contributed by atoms with Crippen LogP contribution in [0, 0.1) is 5.92 Å². The Morgan fingerprint density at radius 1 is 1.56 bits per heavy atom. The van der Waals surface area contributed by atoms with Gasteiger partial charge in [-0.2, -0.15) is 0 Å². The van der Waals surface area contributed by atoms with Crippen molar-refractivity contribution < 1.29 is 19.4 Å². The number of methoxy groups -OCH3 is 1. The summed E-state index contributed by atoms with van der Waals surface area (Å²) in [6.45, 7) is 2.45. The third kappa shape index (κ3) is 2.41. The van der Waals surface area contributed by atoms with Crippen LogP contribution in [0.1, 0.15) is 6.92 Å². The Morgan fingerprint density at radius 2 is 2.33 bits per heavy atom. The standard InChI is InChI=1S/C13H17NO4/c1-9(7-15)6-14-11-5-10(17-2)3-4-12(11)18-8-13(14)16/h3-5,9,15H,6-8H2,1-2H3. The zero-order chi connectivity index (χ0) is 13.1. The van der Waals surface area contributed by atoms with E-state index in [9.17, 15) is 4.79 Å². The van der Waals surface area contributed by atoms with Crippen LogP contribution in [0.2, 0.25) is 0 Å². The summed E-state index contributed by atoms with van der Waals surface area (Å²) < 4.78 is 10.5. The van der Waals surface area contributed by atoms with E-state index in [1.807, 2.05) is 6.92 Å². The molecule has 0 saturated heterocycles. The van der Waals surface area contributed by atoms with Crippen LogP contribution >= 0.6 is 0 Å². The molecule has 0 spiro atoms. The fraction of sp³-hybridized carbons (Fsp3) is 0.462. The number of nitrogens with zero attached hydrogens (tertiary/aromatic N) is 1. The SMILES string of the molecule is COc1ccc2c(c1)N(CC(C)CO)C(=O)CO2. The summed E-state index contributed by atoms with van der Waals surface area (Å²) in [5, 5.41) is 9.11. The van der Waals surface area contributed by atoms with Crippen molar-refractivity contribution in [2.75, 3.05) is 31.8 Å². The molecule has 98 valence electrons. The van der Waals surface area contributed by atoms with E-state index in [4.69, 9.17) is 14.6 Å². The maximum atomic E-state index is 11.9. The Hall–Kier alpha value is -1.75. The molecule has 1 heterocycles. The molecule has 0 saturated carbocycles. The molecule has 1 unspecified atom stereocenters. The summed E-state index contributed by atoms with van der Waals surface area (Å²) in [4.78, 5) is 13.5. The van der Waals surface area contributed by atoms with Crippen LogP contribution in [0.5, 0.6) is 11.5 Å². The van der Waals surface area contributed by atoms with Gasteiger partial charge in [-0.3, -0.25) is 4.79 Å². The number of hydrogen-bond acceptors (Lipinski definition) is 4. The number of rotatable bonds is 4. The quantitative estimate of drug-likeness (QED) is 0.869. The maximum absolute atomic E-state index is 11.9. The average Bonchev–Trinajstić information content (AvgIpc) is 2.41. The third-order valence-corrected chi connectivity index (χ3v) is 2.92. The van der Waals surface area contributed by atoms with E-state index in [0.29, 0.717) is 23.7 Å². The highest BCUT2D eigenvalue weighted by atomic mass is 16.5. The molecule has 1 aliphatic heterocycles. The Bertz CT molecular complexity index is 447. The molecule has 5 heteroatoms. The lowest BCUT2D eigenvalue weighted by Crippen LogP contribution is -2.41. The van der Waals surface area contributed by atoms with E-state index >= 15 is 0 Å². The molecule has 18 heavy (non-hydrogen) atoms. The minimum Gasteiger partial charge on any atom is -0.497 e. The molecule has 1 aliphatic rings. The largest absolute Gasteiger partial charge is 0.497 e. The Morgan fingerprint density at radius 3 is 3.00 bits per heavy atom. The molecule has 1 aromatic carbocycles. The fourth-order valence-electron chi connectivity index (χ4n) is 1.88. The number of carbonyl (C=O) groups is 1.